The number of halogens is 2. The monoisotopic (exact) mass is 455 g/mol. The molecule has 0 saturated heterocycles. The minimum Gasteiger partial charge on any atom is -0.462 e. The molecule has 0 spiro atoms. The number of hydrogen-bond donors (Lipinski definition) is 3. The second-order valence-corrected chi connectivity index (χ2v) is 7.45. The number of amides is 1. The predicted molar refractivity (Wildman–Crippen MR) is 117 cm³/mol. The van der Waals surface area contributed by atoms with Crippen LogP contribution in [0, 0.1) is 5.82 Å². The van der Waals surface area contributed by atoms with Gasteiger partial charge >= 0.3 is 5.97 Å². The van der Waals surface area contributed by atoms with Gasteiger partial charge in [-0.3, -0.25) is 15.6 Å². The van der Waals surface area contributed by atoms with E-state index >= 15 is 0 Å². The summed E-state index contributed by atoms with van der Waals surface area (Å²) in [5.41, 5.74) is 6.90. The number of thiocarbonyl (C=S) groups is 1. The third-order valence-corrected chi connectivity index (χ3v) is 5.01. The van der Waals surface area contributed by atoms with Gasteiger partial charge in [0.1, 0.15) is 5.82 Å². The number of anilines is 1. The predicted octanol–water partition coefficient (Wildman–Crippen LogP) is 3.91. The van der Waals surface area contributed by atoms with Crippen LogP contribution in [0.15, 0.2) is 42.5 Å². The largest absolute Gasteiger partial charge is 0.462 e. The molecule has 0 aromatic heterocycles. The molecule has 2 aromatic carbocycles. The minimum atomic E-state index is -0.401. The lowest BCUT2D eigenvalue weighted by molar-refractivity contribution is -0.119. The van der Waals surface area contributed by atoms with E-state index in [4.69, 9.17) is 28.6 Å². The molecule has 2 aromatic rings. The van der Waals surface area contributed by atoms with Crippen LogP contribution in [-0.2, 0) is 15.3 Å². The van der Waals surface area contributed by atoms with Gasteiger partial charge in [0, 0.05) is 16.5 Å². The van der Waals surface area contributed by atoms with Gasteiger partial charge in [0.15, 0.2) is 5.11 Å². The maximum Gasteiger partial charge on any atom is 0.338 e. The number of carbonyl (C=O) groups excluding carboxylic acids is 2. The maximum atomic E-state index is 13.0. The van der Waals surface area contributed by atoms with Gasteiger partial charge < -0.3 is 10.1 Å². The third kappa shape index (κ3) is 7.88. The number of benzene rings is 2. The van der Waals surface area contributed by atoms with E-state index in [1.54, 1.807) is 37.3 Å². The Bertz CT molecular complexity index is 882. The normalized spacial score (nSPS) is 10.2. The van der Waals surface area contributed by atoms with Crippen molar-refractivity contribution in [1.29, 1.82) is 0 Å². The number of ether oxygens (including phenoxy) is 1. The van der Waals surface area contributed by atoms with E-state index in [1.807, 2.05) is 0 Å². The van der Waals surface area contributed by atoms with Crippen LogP contribution in [0.3, 0.4) is 0 Å². The molecule has 3 N–H and O–H groups in total. The molecule has 0 bridgehead atoms. The van der Waals surface area contributed by atoms with Crippen molar-refractivity contribution in [2.45, 2.75) is 12.7 Å². The minimum absolute atomic E-state index is 0.164. The molecule has 29 heavy (non-hydrogen) atoms. The van der Waals surface area contributed by atoms with E-state index in [0.29, 0.717) is 28.6 Å². The Labute approximate surface area is 182 Å². The number of rotatable bonds is 7. The average molecular weight is 456 g/mol. The molecule has 0 aliphatic heterocycles. The van der Waals surface area contributed by atoms with Crippen molar-refractivity contribution in [3.05, 3.63) is 64.4 Å². The number of hydrazine groups is 1. The summed E-state index contributed by atoms with van der Waals surface area (Å²) in [5.74, 6) is -0.441. The van der Waals surface area contributed by atoms with Crippen molar-refractivity contribution >= 4 is 58.3 Å². The first-order valence-electron chi connectivity index (χ1n) is 8.53. The van der Waals surface area contributed by atoms with Crippen LogP contribution in [0.2, 0.25) is 5.02 Å². The van der Waals surface area contributed by atoms with Crippen molar-refractivity contribution < 1.29 is 18.7 Å². The molecule has 10 heteroatoms. The molecule has 0 unspecified atom stereocenters. The summed E-state index contributed by atoms with van der Waals surface area (Å²) < 4.78 is 17.9. The molecule has 2 rings (SSSR count). The Morgan fingerprint density at radius 1 is 1.17 bits per heavy atom. The van der Waals surface area contributed by atoms with Crippen LogP contribution in [0.4, 0.5) is 10.1 Å². The molecule has 0 aliphatic carbocycles. The molecular formula is C19H19ClFN3O3S2. The lowest BCUT2D eigenvalue weighted by Gasteiger charge is -2.12. The lowest BCUT2D eigenvalue weighted by atomic mass is 10.2. The summed E-state index contributed by atoms with van der Waals surface area (Å²) in [6, 6.07) is 10.7. The summed E-state index contributed by atoms with van der Waals surface area (Å²) in [7, 11) is 0. The quantitative estimate of drug-likeness (QED) is 0.332. The zero-order valence-corrected chi connectivity index (χ0v) is 17.8. The Balaban J connectivity index is 1.70. The summed E-state index contributed by atoms with van der Waals surface area (Å²) in [6.45, 7) is 2.05. The average Bonchev–Trinajstić information content (AvgIpc) is 2.69. The number of hydrogen-bond acceptors (Lipinski definition) is 5. The van der Waals surface area contributed by atoms with E-state index in [1.165, 1.54) is 23.9 Å². The first-order chi connectivity index (χ1) is 13.9. The zero-order chi connectivity index (χ0) is 21.2. The first-order valence-corrected chi connectivity index (χ1v) is 10.5. The second-order valence-electron chi connectivity index (χ2n) is 5.65. The first kappa shape index (κ1) is 22.9. The number of carbonyl (C=O) groups is 2. The summed E-state index contributed by atoms with van der Waals surface area (Å²) in [6.07, 6.45) is 0. The van der Waals surface area contributed by atoms with Crippen molar-refractivity contribution in [3.8, 4) is 0 Å². The molecule has 0 radical (unpaired) electrons. The molecule has 0 aliphatic rings. The summed E-state index contributed by atoms with van der Waals surface area (Å²) in [5, 5.41) is 3.40. The molecule has 1 amide bonds. The van der Waals surface area contributed by atoms with Gasteiger partial charge in [0.2, 0.25) is 5.91 Å². The van der Waals surface area contributed by atoms with Gasteiger partial charge in [0.25, 0.3) is 0 Å². The molecule has 0 fully saturated rings. The van der Waals surface area contributed by atoms with Crippen molar-refractivity contribution in [2.75, 3.05) is 17.7 Å². The smallest absolute Gasteiger partial charge is 0.338 e. The lowest BCUT2D eigenvalue weighted by Crippen LogP contribution is -2.44. The van der Waals surface area contributed by atoms with Crippen molar-refractivity contribution in [3.63, 3.8) is 0 Å². The van der Waals surface area contributed by atoms with Crippen LogP contribution >= 0.6 is 35.6 Å². The molecule has 0 saturated carbocycles. The van der Waals surface area contributed by atoms with E-state index in [2.05, 4.69) is 16.2 Å². The van der Waals surface area contributed by atoms with Gasteiger partial charge in [-0.25, -0.2) is 9.18 Å². The number of nitrogens with one attached hydrogen (secondary N) is 3. The van der Waals surface area contributed by atoms with Crippen LogP contribution in [0.1, 0.15) is 22.8 Å². The Morgan fingerprint density at radius 2 is 1.90 bits per heavy atom. The third-order valence-electron chi connectivity index (χ3n) is 3.48. The molecule has 0 heterocycles. The fourth-order valence-corrected chi connectivity index (χ4v) is 3.43. The zero-order valence-electron chi connectivity index (χ0n) is 15.5. The highest BCUT2D eigenvalue weighted by Gasteiger charge is 2.08. The number of thioether (sulfide) groups is 1. The van der Waals surface area contributed by atoms with Crippen molar-refractivity contribution in [1.82, 2.24) is 10.9 Å². The van der Waals surface area contributed by atoms with Gasteiger partial charge in [-0.2, -0.15) is 0 Å². The van der Waals surface area contributed by atoms with E-state index in [-0.39, 0.29) is 16.8 Å². The Morgan fingerprint density at radius 3 is 2.55 bits per heavy atom. The van der Waals surface area contributed by atoms with Gasteiger partial charge in [-0.1, -0.05) is 17.7 Å². The van der Waals surface area contributed by atoms with Gasteiger partial charge in [-0.05, 0) is 61.1 Å². The van der Waals surface area contributed by atoms with E-state index < -0.39 is 11.8 Å². The molecule has 6 nitrogen and oxygen atoms in total. The van der Waals surface area contributed by atoms with Gasteiger partial charge in [0.05, 0.1) is 17.9 Å². The maximum absolute atomic E-state index is 13.0. The molecule has 154 valence electrons. The standard InChI is InChI=1S/C19H19ClFN3O3S2/c1-2-27-18(26)12-4-7-15(8-5-12)22-19(28)24-23-17(25)11-29-10-13-3-6-14(21)9-16(13)20/h3-9H,2,10-11H2,1H3,(H,23,25)(H2,22,24,28). The van der Waals surface area contributed by atoms with E-state index in [0.717, 1.165) is 5.56 Å². The topological polar surface area (TPSA) is 79.5 Å². The SMILES string of the molecule is CCOC(=O)c1ccc(NC(=S)NNC(=O)CSCc2ccc(F)cc2Cl)cc1. The van der Waals surface area contributed by atoms with Crippen molar-refractivity contribution in [2.24, 2.45) is 0 Å². The Kier molecular flexibility index (Phi) is 9.17. The highest BCUT2D eigenvalue weighted by molar-refractivity contribution is 7.99. The van der Waals surface area contributed by atoms with E-state index in [9.17, 15) is 14.0 Å². The molecular weight excluding hydrogens is 437 g/mol. The fraction of sp³-hybridized carbons (Fsp3) is 0.211. The highest BCUT2D eigenvalue weighted by atomic mass is 35.5. The fourth-order valence-electron chi connectivity index (χ4n) is 2.12. The van der Waals surface area contributed by atoms with Gasteiger partial charge in [-0.15, -0.1) is 11.8 Å². The summed E-state index contributed by atoms with van der Waals surface area (Å²) in [4.78, 5) is 23.5. The van der Waals surface area contributed by atoms with Crippen LogP contribution in [-0.4, -0.2) is 29.3 Å². The second kappa shape index (κ2) is 11.6. The van der Waals surface area contributed by atoms with Crippen LogP contribution < -0.4 is 16.2 Å². The van der Waals surface area contributed by atoms with Crippen LogP contribution in [0.25, 0.3) is 0 Å². The number of esters is 1. The van der Waals surface area contributed by atoms with Crippen LogP contribution in [0.5, 0.6) is 0 Å². The molecule has 0 atom stereocenters. The Hall–Kier alpha value is -2.36. The highest BCUT2D eigenvalue weighted by Crippen LogP contribution is 2.22. The summed E-state index contributed by atoms with van der Waals surface area (Å²) >= 11 is 12.4.